The van der Waals surface area contributed by atoms with Crippen molar-refractivity contribution in [3.05, 3.63) is 41.5 Å². The number of halogens is 2. The average Bonchev–Trinajstić information content (AvgIpc) is 2.67. The molecule has 1 atom stereocenters. The molecule has 0 spiro atoms. The van der Waals surface area contributed by atoms with Gasteiger partial charge in [0.05, 0.1) is 6.54 Å². The van der Waals surface area contributed by atoms with Gasteiger partial charge in [-0.05, 0) is 38.5 Å². The van der Waals surface area contributed by atoms with Crippen LogP contribution in [0.4, 0.5) is 5.69 Å². The van der Waals surface area contributed by atoms with Crippen molar-refractivity contribution in [3.63, 3.8) is 0 Å². The summed E-state index contributed by atoms with van der Waals surface area (Å²) < 4.78 is 1.85. The van der Waals surface area contributed by atoms with Crippen molar-refractivity contribution in [1.82, 2.24) is 14.8 Å². The van der Waals surface area contributed by atoms with E-state index in [1.807, 2.05) is 49.7 Å². The number of benzene rings is 1. The van der Waals surface area contributed by atoms with E-state index in [0.29, 0.717) is 13.0 Å². The molecule has 1 aromatic heterocycles. The van der Waals surface area contributed by atoms with Gasteiger partial charge in [0, 0.05) is 18.2 Å². The zero-order valence-corrected chi connectivity index (χ0v) is 15.1. The van der Waals surface area contributed by atoms with E-state index in [4.69, 9.17) is 5.73 Å². The highest BCUT2D eigenvalue weighted by Crippen LogP contribution is 2.13. The van der Waals surface area contributed by atoms with Gasteiger partial charge in [-0.25, -0.2) is 9.67 Å². The van der Waals surface area contributed by atoms with E-state index in [1.165, 1.54) is 0 Å². The summed E-state index contributed by atoms with van der Waals surface area (Å²) in [4.78, 5) is 16.0. The van der Waals surface area contributed by atoms with Crippen LogP contribution in [0.5, 0.6) is 0 Å². The van der Waals surface area contributed by atoms with Crippen LogP contribution in [0.3, 0.4) is 0 Å². The molecular weight excluding hydrogens is 337 g/mol. The molecule has 0 bridgehead atoms. The molecule has 0 aliphatic rings. The number of hydrogen-bond donors (Lipinski definition) is 2. The average molecular weight is 360 g/mol. The molecule has 128 valence electrons. The number of aromatic nitrogens is 3. The minimum atomic E-state index is -0.144. The molecule has 6 nitrogen and oxygen atoms in total. The van der Waals surface area contributed by atoms with E-state index in [9.17, 15) is 4.79 Å². The first-order valence-electron chi connectivity index (χ1n) is 6.96. The van der Waals surface area contributed by atoms with Gasteiger partial charge < -0.3 is 11.1 Å². The van der Waals surface area contributed by atoms with Gasteiger partial charge in [0.15, 0.2) is 0 Å². The molecule has 0 radical (unpaired) electrons. The molecule has 1 heterocycles. The highest BCUT2D eigenvalue weighted by Gasteiger charge is 2.07. The van der Waals surface area contributed by atoms with Gasteiger partial charge in [0.25, 0.3) is 0 Å². The lowest BCUT2D eigenvalue weighted by molar-refractivity contribution is -0.116. The quantitative estimate of drug-likeness (QED) is 0.858. The van der Waals surface area contributed by atoms with Crippen molar-refractivity contribution in [2.45, 2.75) is 39.8 Å². The number of rotatable bonds is 5. The Kier molecular flexibility index (Phi) is 8.82. The summed E-state index contributed by atoms with van der Waals surface area (Å²) in [6, 6.07) is 7.57. The van der Waals surface area contributed by atoms with Crippen LogP contribution in [0.25, 0.3) is 0 Å². The van der Waals surface area contributed by atoms with Crippen molar-refractivity contribution < 1.29 is 4.79 Å². The predicted molar refractivity (Wildman–Crippen MR) is 96.4 cm³/mol. The Bertz CT molecular complexity index is 643. The topological polar surface area (TPSA) is 85.8 Å². The fourth-order valence-corrected chi connectivity index (χ4v) is 2.14. The largest absolute Gasteiger partial charge is 0.327 e. The highest BCUT2D eigenvalue weighted by atomic mass is 35.5. The Labute approximate surface area is 148 Å². The maximum atomic E-state index is 11.7. The molecule has 0 saturated carbocycles. The fourth-order valence-electron chi connectivity index (χ4n) is 2.14. The standard InChI is InChI=1S/C15H21N5O.2ClH/c1-10(16)7-15(21)18-14-6-4-5-13(8-14)9-20-12(3)17-11(2)19-20;;/h4-6,8,10H,7,9,16H2,1-3H3,(H,18,21);2*1H. The molecule has 1 amide bonds. The second kappa shape index (κ2) is 9.50. The monoisotopic (exact) mass is 359 g/mol. The van der Waals surface area contributed by atoms with Crippen LogP contribution in [0.2, 0.25) is 0 Å². The Balaban J connectivity index is 0.00000242. The smallest absolute Gasteiger partial charge is 0.225 e. The lowest BCUT2D eigenvalue weighted by Gasteiger charge is -2.09. The second-order valence-corrected chi connectivity index (χ2v) is 5.29. The predicted octanol–water partition coefficient (Wildman–Crippen LogP) is 2.46. The van der Waals surface area contributed by atoms with E-state index < -0.39 is 0 Å². The van der Waals surface area contributed by atoms with Crippen LogP contribution >= 0.6 is 24.8 Å². The lowest BCUT2D eigenvalue weighted by Crippen LogP contribution is -2.24. The first kappa shape index (κ1) is 21.4. The van der Waals surface area contributed by atoms with Gasteiger partial charge in [-0.3, -0.25) is 4.79 Å². The first-order valence-corrected chi connectivity index (χ1v) is 6.96. The summed E-state index contributed by atoms with van der Waals surface area (Å²) in [7, 11) is 0. The van der Waals surface area contributed by atoms with E-state index in [1.54, 1.807) is 0 Å². The van der Waals surface area contributed by atoms with E-state index in [0.717, 1.165) is 22.9 Å². The molecule has 0 aliphatic carbocycles. The third kappa shape index (κ3) is 6.56. The van der Waals surface area contributed by atoms with Crippen molar-refractivity contribution in [3.8, 4) is 0 Å². The molecule has 8 heteroatoms. The number of nitrogens with zero attached hydrogens (tertiary/aromatic N) is 3. The van der Waals surface area contributed by atoms with E-state index in [-0.39, 0.29) is 36.8 Å². The summed E-state index contributed by atoms with van der Waals surface area (Å²) in [5.41, 5.74) is 7.45. The maximum Gasteiger partial charge on any atom is 0.225 e. The molecule has 1 unspecified atom stereocenters. The summed E-state index contributed by atoms with van der Waals surface area (Å²) in [6.45, 7) is 6.23. The van der Waals surface area contributed by atoms with Crippen LogP contribution in [-0.2, 0) is 11.3 Å². The Morgan fingerprint density at radius 1 is 1.35 bits per heavy atom. The van der Waals surface area contributed by atoms with Crippen molar-refractivity contribution in [1.29, 1.82) is 0 Å². The minimum absolute atomic E-state index is 0. The molecule has 3 N–H and O–H groups in total. The van der Waals surface area contributed by atoms with Crippen LogP contribution < -0.4 is 11.1 Å². The Morgan fingerprint density at radius 3 is 2.61 bits per heavy atom. The van der Waals surface area contributed by atoms with Gasteiger partial charge in [-0.15, -0.1) is 24.8 Å². The van der Waals surface area contributed by atoms with Gasteiger partial charge in [-0.2, -0.15) is 5.10 Å². The number of hydrogen-bond acceptors (Lipinski definition) is 4. The van der Waals surface area contributed by atoms with Crippen LogP contribution in [0.15, 0.2) is 24.3 Å². The second-order valence-electron chi connectivity index (χ2n) is 5.29. The Hall–Kier alpha value is -1.63. The summed E-state index contributed by atoms with van der Waals surface area (Å²) >= 11 is 0. The van der Waals surface area contributed by atoms with E-state index in [2.05, 4.69) is 15.4 Å². The zero-order chi connectivity index (χ0) is 15.4. The molecular formula is C15H23Cl2N5O. The third-order valence-corrected chi connectivity index (χ3v) is 3.01. The molecule has 0 aliphatic heterocycles. The Morgan fingerprint density at radius 2 is 2.04 bits per heavy atom. The summed E-state index contributed by atoms with van der Waals surface area (Å²) in [5.74, 6) is 1.56. The van der Waals surface area contributed by atoms with Crippen LogP contribution in [0, 0.1) is 13.8 Å². The number of nitrogens with two attached hydrogens (primary N) is 1. The number of amides is 1. The van der Waals surface area contributed by atoms with Crippen molar-refractivity contribution >= 4 is 36.4 Å². The fraction of sp³-hybridized carbons (Fsp3) is 0.400. The number of carbonyl (C=O) groups is 1. The van der Waals surface area contributed by atoms with Crippen molar-refractivity contribution in [2.24, 2.45) is 5.73 Å². The van der Waals surface area contributed by atoms with Gasteiger partial charge in [-0.1, -0.05) is 12.1 Å². The first-order chi connectivity index (χ1) is 9.94. The molecule has 0 saturated heterocycles. The molecule has 2 aromatic rings. The van der Waals surface area contributed by atoms with Gasteiger partial charge >= 0.3 is 0 Å². The minimum Gasteiger partial charge on any atom is -0.327 e. The normalized spacial score (nSPS) is 11.1. The number of nitrogens with one attached hydrogen (secondary N) is 1. The van der Waals surface area contributed by atoms with Crippen LogP contribution in [-0.4, -0.2) is 26.7 Å². The SMILES string of the molecule is Cc1nc(C)n(Cc2cccc(NC(=O)CC(C)N)c2)n1.Cl.Cl. The number of aryl methyl sites for hydroxylation is 2. The maximum absolute atomic E-state index is 11.7. The lowest BCUT2D eigenvalue weighted by atomic mass is 10.2. The van der Waals surface area contributed by atoms with E-state index >= 15 is 0 Å². The van der Waals surface area contributed by atoms with Gasteiger partial charge in [0.1, 0.15) is 11.6 Å². The van der Waals surface area contributed by atoms with Crippen molar-refractivity contribution in [2.75, 3.05) is 5.32 Å². The third-order valence-electron chi connectivity index (χ3n) is 3.01. The number of anilines is 1. The highest BCUT2D eigenvalue weighted by molar-refractivity contribution is 5.91. The van der Waals surface area contributed by atoms with Crippen LogP contribution in [0.1, 0.15) is 30.6 Å². The molecule has 23 heavy (non-hydrogen) atoms. The molecule has 0 fully saturated rings. The molecule has 2 rings (SSSR count). The van der Waals surface area contributed by atoms with Gasteiger partial charge in [0.2, 0.25) is 5.91 Å². The zero-order valence-electron chi connectivity index (χ0n) is 13.4. The molecule has 1 aromatic carbocycles. The summed E-state index contributed by atoms with van der Waals surface area (Å²) in [6.07, 6.45) is 0.311. The number of carbonyl (C=O) groups excluding carboxylic acids is 1. The summed E-state index contributed by atoms with van der Waals surface area (Å²) in [5, 5.41) is 7.19.